The zero-order valence-corrected chi connectivity index (χ0v) is 11.4. The molecular formula is C15H31N. The summed E-state index contributed by atoms with van der Waals surface area (Å²) in [6.07, 6.45) is 14.2. The van der Waals surface area contributed by atoms with Gasteiger partial charge in [-0.25, -0.2) is 0 Å². The van der Waals surface area contributed by atoms with E-state index in [9.17, 15) is 0 Å². The van der Waals surface area contributed by atoms with Gasteiger partial charge in [0.1, 0.15) is 0 Å². The van der Waals surface area contributed by atoms with E-state index < -0.39 is 0 Å². The molecule has 1 rings (SSSR count). The summed E-state index contributed by atoms with van der Waals surface area (Å²) in [5, 5.41) is 3.76. The van der Waals surface area contributed by atoms with E-state index >= 15 is 0 Å². The van der Waals surface area contributed by atoms with Crippen LogP contribution in [0.5, 0.6) is 0 Å². The fourth-order valence-corrected chi connectivity index (χ4v) is 2.73. The predicted molar refractivity (Wildman–Crippen MR) is 72.8 cm³/mol. The van der Waals surface area contributed by atoms with Crippen molar-refractivity contribution in [2.24, 2.45) is 5.92 Å². The highest BCUT2D eigenvalue weighted by atomic mass is 14.9. The lowest BCUT2D eigenvalue weighted by atomic mass is 10.0. The van der Waals surface area contributed by atoms with E-state index in [0.29, 0.717) is 0 Å². The van der Waals surface area contributed by atoms with Crippen molar-refractivity contribution in [3.63, 3.8) is 0 Å². The molecule has 0 aliphatic heterocycles. The summed E-state index contributed by atoms with van der Waals surface area (Å²) in [4.78, 5) is 0. The Morgan fingerprint density at radius 2 is 1.75 bits per heavy atom. The number of hydrogen-bond acceptors (Lipinski definition) is 1. The van der Waals surface area contributed by atoms with Gasteiger partial charge in [0.25, 0.3) is 0 Å². The topological polar surface area (TPSA) is 12.0 Å². The van der Waals surface area contributed by atoms with Crippen molar-refractivity contribution < 1.29 is 0 Å². The molecule has 1 saturated carbocycles. The molecule has 0 bridgehead atoms. The van der Waals surface area contributed by atoms with Crippen molar-refractivity contribution >= 4 is 0 Å². The van der Waals surface area contributed by atoms with E-state index in [1.807, 2.05) is 0 Å². The van der Waals surface area contributed by atoms with Gasteiger partial charge >= 0.3 is 0 Å². The molecule has 2 atom stereocenters. The molecule has 1 fully saturated rings. The van der Waals surface area contributed by atoms with E-state index in [1.54, 1.807) is 0 Å². The second-order valence-corrected chi connectivity index (χ2v) is 5.68. The maximum absolute atomic E-state index is 3.76. The van der Waals surface area contributed by atoms with Crippen molar-refractivity contribution in [2.75, 3.05) is 6.54 Å². The van der Waals surface area contributed by atoms with Crippen LogP contribution in [0.3, 0.4) is 0 Å². The smallest absolute Gasteiger partial charge is 0.00671 e. The minimum atomic E-state index is 0.830. The second-order valence-electron chi connectivity index (χ2n) is 5.68. The Hall–Kier alpha value is -0.0400. The van der Waals surface area contributed by atoms with Crippen molar-refractivity contribution in [3.05, 3.63) is 0 Å². The summed E-state index contributed by atoms with van der Waals surface area (Å²) in [6, 6.07) is 0.830. The average Bonchev–Trinajstić information content (AvgIpc) is 2.49. The molecule has 0 aromatic heterocycles. The van der Waals surface area contributed by atoms with Crippen LogP contribution in [-0.4, -0.2) is 12.6 Å². The Balaban J connectivity index is 1.95. The van der Waals surface area contributed by atoms with Gasteiger partial charge < -0.3 is 5.32 Å². The zero-order valence-electron chi connectivity index (χ0n) is 11.4. The van der Waals surface area contributed by atoms with Crippen LogP contribution < -0.4 is 5.32 Å². The van der Waals surface area contributed by atoms with E-state index in [-0.39, 0.29) is 0 Å². The third-order valence-corrected chi connectivity index (χ3v) is 3.97. The van der Waals surface area contributed by atoms with Crippen LogP contribution in [0.4, 0.5) is 0 Å². The zero-order chi connectivity index (χ0) is 11.6. The number of rotatable bonds is 7. The van der Waals surface area contributed by atoms with Gasteiger partial charge in [-0.15, -0.1) is 0 Å². The monoisotopic (exact) mass is 225 g/mol. The molecule has 1 aliphatic rings. The van der Waals surface area contributed by atoms with Crippen molar-refractivity contribution in [1.29, 1.82) is 0 Å². The summed E-state index contributed by atoms with van der Waals surface area (Å²) in [7, 11) is 0. The molecule has 0 spiro atoms. The Morgan fingerprint density at radius 3 is 2.56 bits per heavy atom. The molecule has 16 heavy (non-hydrogen) atoms. The third-order valence-electron chi connectivity index (χ3n) is 3.97. The maximum Gasteiger partial charge on any atom is 0.00671 e. The first-order valence-corrected chi connectivity index (χ1v) is 7.56. The molecule has 0 aromatic rings. The van der Waals surface area contributed by atoms with Crippen molar-refractivity contribution in [1.82, 2.24) is 5.32 Å². The SMILES string of the molecule is CCCCCCCNC1CCCC(C)CC1. The van der Waals surface area contributed by atoms with E-state index in [1.165, 1.54) is 70.8 Å². The molecule has 0 saturated heterocycles. The van der Waals surface area contributed by atoms with Gasteiger partial charge in [-0.05, 0) is 38.1 Å². The van der Waals surface area contributed by atoms with E-state index in [0.717, 1.165) is 12.0 Å². The van der Waals surface area contributed by atoms with Crippen molar-refractivity contribution in [3.8, 4) is 0 Å². The number of hydrogen-bond donors (Lipinski definition) is 1. The molecule has 96 valence electrons. The van der Waals surface area contributed by atoms with Crippen molar-refractivity contribution in [2.45, 2.75) is 84.1 Å². The van der Waals surface area contributed by atoms with Crippen LogP contribution in [0.25, 0.3) is 0 Å². The molecule has 0 aromatic carbocycles. The lowest BCUT2D eigenvalue weighted by molar-refractivity contribution is 0.439. The minimum absolute atomic E-state index is 0.830. The Bertz CT molecular complexity index is 156. The van der Waals surface area contributed by atoms with Gasteiger partial charge in [0.15, 0.2) is 0 Å². The molecular weight excluding hydrogens is 194 g/mol. The quantitative estimate of drug-likeness (QED) is 0.496. The molecule has 1 nitrogen and oxygen atoms in total. The Labute approximate surface area is 102 Å². The van der Waals surface area contributed by atoms with Gasteiger partial charge in [-0.1, -0.05) is 52.4 Å². The highest BCUT2D eigenvalue weighted by Gasteiger charge is 2.14. The molecule has 1 heteroatoms. The van der Waals surface area contributed by atoms with Crippen LogP contribution in [0.2, 0.25) is 0 Å². The number of nitrogens with one attached hydrogen (secondary N) is 1. The highest BCUT2D eigenvalue weighted by molar-refractivity contribution is 4.73. The fraction of sp³-hybridized carbons (Fsp3) is 1.00. The summed E-state index contributed by atoms with van der Waals surface area (Å²) >= 11 is 0. The standard InChI is InChI=1S/C15H31N/c1-3-4-5-6-7-13-16-15-10-8-9-14(2)11-12-15/h14-16H,3-13H2,1-2H3. The van der Waals surface area contributed by atoms with Gasteiger partial charge in [-0.3, -0.25) is 0 Å². The molecule has 0 heterocycles. The summed E-state index contributed by atoms with van der Waals surface area (Å²) in [5.41, 5.74) is 0. The molecule has 1 N–H and O–H groups in total. The van der Waals surface area contributed by atoms with Gasteiger partial charge in [-0.2, -0.15) is 0 Å². The molecule has 0 radical (unpaired) electrons. The first kappa shape index (κ1) is 14.0. The fourth-order valence-electron chi connectivity index (χ4n) is 2.73. The lowest BCUT2D eigenvalue weighted by Crippen LogP contribution is -2.29. The van der Waals surface area contributed by atoms with Gasteiger partial charge in [0, 0.05) is 6.04 Å². The van der Waals surface area contributed by atoms with Crippen LogP contribution in [0.15, 0.2) is 0 Å². The van der Waals surface area contributed by atoms with Crippen LogP contribution in [0.1, 0.15) is 78.1 Å². The number of unbranched alkanes of at least 4 members (excludes halogenated alkanes) is 4. The largest absolute Gasteiger partial charge is 0.314 e. The van der Waals surface area contributed by atoms with E-state index in [4.69, 9.17) is 0 Å². The molecule has 1 aliphatic carbocycles. The first-order valence-electron chi connectivity index (χ1n) is 7.56. The summed E-state index contributed by atoms with van der Waals surface area (Å²) in [5.74, 6) is 0.969. The lowest BCUT2D eigenvalue weighted by Gasteiger charge is -2.16. The average molecular weight is 225 g/mol. The molecule has 2 unspecified atom stereocenters. The highest BCUT2D eigenvalue weighted by Crippen LogP contribution is 2.22. The van der Waals surface area contributed by atoms with E-state index in [2.05, 4.69) is 19.2 Å². The first-order chi connectivity index (χ1) is 7.83. The second kappa shape index (κ2) is 9.04. The maximum atomic E-state index is 3.76. The Morgan fingerprint density at radius 1 is 0.938 bits per heavy atom. The normalized spacial score (nSPS) is 26.6. The molecule has 0 amide bonds. The van der Waals surface area contributed by atoms with Crippen LogP contribution >= 0.6 is 0 Å². The summed E-state index contributed by atoms with van der Waals surface area (Å²) in [6.45, 7) is 5.95. The van der Waals surface area contributed by atoms with Crippen LogP contribution in [-0.2, 0) is 0 Å². The van der Waals surface area contributed by atoms with Gasteiger partial charge in [0.2, 0.25) is 0 Å². The van der Waals surface area contributed by atoms with Crippen LogP contribution in [0, 0.1) is 5.92 Å². The third kappa shape index (κ3) is 6.52. The van der Waals surface area contributed by atoms with Gasteiger partial charge in [0.05, 0.1) is 0 Å². The minimum Gasteiger partial charge on any atom is -0.314 e. The predicted octanol–water partition coefficient (Wildman–Crippen LogP) is 4.52. The Kier molecular flexibility index (Phi) is 7.92. The summed E-state index contributed by atoms with van der Waals surface area (Å²) < 4.78 is 0.